The molecule has 0 bridgehead atoms. The number of nitrogens with zero attached hydrogens (tertiary/aromatic N) is 4. The number of oxime groups is 1. The van der Waals surface area contributed by atoms with E-state index in [1.807, 2.05) is 12.1 Å². The van der Waals surface area contributed by atoms with Gasteiger partial charge in [0.15, 0.2) is 21.4 Å². The van der Waals surface area contributed by atoms with Crippen LogP contribution < -0.4 is 5.32 Å². The SMILES string of the molecule is CS(=O)(=O)c1ccc(C(=NOC2CCCC2)C(=O)Nc2ccn(Cc3cccnc3)n2)cc1Cl. The number of amides is 1. The second kappa shape index (κ2) is 10.4. The molecule has 0 atom stereocenters. The first kappa shape index (κ1) is 23.9. The Hall–Kier alpha value is -3.24. The highest BCUT2D eigenvalue weighted by atomic mass is 35.5. The van der Waals surface area contributed by atoms with Gasteiger partial charge in [0, 0.05) is 36.5 Å². The zero-order valence-electron chi connectivity index (χ0n) is 18.5. The van der Waals surface area contributed by atoms with Crippen molar-refractivity contribution in [1.82, 2.24) is 14.8 Å². The Bertz CT molecular complexity index is 1300. The van der Waals surface area contributed by atoms with Gasteiger partial charge in [0.1, 0.15) is 6.10 Å². The number of carbonyl (C=O) groups excluding carboxylic acids is 1. The molecular formula is C23H24ClN5O4S. The molecule has 34 heavy (non-hydrogen) atoms. The number of rotatable bonds is 8. The van der Waals surface area contributed by atoms with Crippen LogP contribution in [0.15, 0.2) is 65.0 Å². The monoisotopic (exact) mass is 501 g/mol. The smallest absolute Gasteiger partial charge is 0.279 e. The molecule has 1 fully saturated rings. The summed E-state index contributed by atoms with van der Waals surface area (Å²) in [6.45, 7) is 0.498. The third kappa shape index (κ3) is 6.00. The Kier molecular flexibility index (Phi) is 7.28. The lowest BCUT2D eigenvalue weighted by atomic mass is 10.1. The van der Waals surface area contributed by atoms with Crippen LogP contribution >= 0.6 is 11.6 Å². The summed E-state index contributed by atoms with van der Waals surface area (Å²) in [4.78, 5) is 22.8. The van der Waals surface area contributed by atoms with Gasteiger partial charge in [0.25, 0.3) is 5.91 Å². The minimum Gasteiger partial charge on any atom is -0.392 e. The lowest BCUT2D eigenvalue weighted by Crippen LogP contribution is -2.25. The molecule has 0 saturated heterocycles. The van der Waals surface area contributed by atoms with Crippen LogP contribution in [0, 0.1) is 0 Å². The van der Waals surface area contributed by atoms with E-state index in [2.05, 4.69) is 20.6 Å². The molecule has 0 radical (unpaired) electrons. The highest BCUT2D eigenvalue weighted by Gasteiger charge is 2.22. The first-order chi connectivity index (χ1) is 16.3. The number of sulfone groups is 1. The second-order valence-electron chi connectivity index (χ2n) is 8.08. The predicted octanol–water partition coefficient (Wildman–Crippen LogP) is 3.69. The van der Waals surface area contributed by atoms with Gasteiger partial charge >= 0.3 is 0 Å². The van der Waals surface area contributed by atoms with E-state index in [1.54, 1.807) is 29.3 Å². The number of aromatic nitrogens is 3. The topological polar surface area (TPSA) is 116 Å². The Balaban J connectivity index is 1.56. The van der Waals surface area contributed by atoms with Gasteiger partial charge < -0.3 is 10.2 Å². The van der Waals surface area contributed by atoms with Crippen molar-refractivity contribution in [3.8, 4) is 0 Å². The third-order valence-corrected chi connectivity index (χ3v) is 6.94. The summed E-state index contributed by atoms with van der Waals surface area (Å²) in [5, 5.41) is 11.2. The Morgan fingerprint density at radius 3 is 2.74 bits per heavy atom. The summed E-state index contributed by atoms with van der Waals surface area (Å²) in [5.41, 5.74) is 1.29. The van der Waals surface area contributed by atoms with Crippen LogP contribution in [0.1, 0.15) is 36.8 Å². The van der Waals surface area contributed by atoms with Crippen LogP contribution in [0.5, 0.6) is 0 Å². The molecule has 1 saturated carbocycles. The minimum atomic E-state index is -3.51. The van der Waals surface area contributed by atoms with Gasteiger partial charge in [-0.25, -0.2) is 8.42 Å². The number of nitrogens with one attached hydrogen (secondary N) is 1. The maximum atomic E-state index is 13.1. The molecule has 178 valence electrons. The van der Waals surface area contributed by atoms with Gasteiger partial charge in [-0.05, 0) is 49.4 Å². The van der Waals surface area contributed by atoms with E-state index in [9.17, 15) is 13.2 Å². The second-order valence-corrected chi connectivity index (χ2v) is 10.5. The van der Waals surface area contributed by atoms with Gasteiger partial charge in [-0.3, -0.25) is 14.5 Å². The van der Waals surface area contributed by atoms with Crippen molar-refractivity contribution >= 4 is 38.9 Å². The van der Waals surface area contributed by atoms with Crippen LogP contribution in [-0.4, -0.2) is 47.2 Å². The van der Waals surface area contributed by atoms with E-state index in [4.69, 9.17) is 16.4 Å². The van der Waals surface area contributed by atoms with Crippen molar-refractivity contribution in [3.63, 3.8) is 0 Å². The highest BCUT2D eigenvalue weighted by Crippen LogP contribution is 2.25. The average Bonchev–Trinajstić information content (AvgIpc) is 3.46. The van der Waals surface area contributed by atoms with Gasteiger partial charge in [0.05, 0.1) is 16.5 Å². The third-order valence-electron chi connectivity index (χ3n) is 5.36. The normalized spacial score (nSPS) is 14.8. The molecule has 2 heterocycles. The van der Waals surface area contributed by atoms with E-state index in [1.165, 1.54) is 18.2 Å². The van der Waals surface area contributed by atoms with Crippen LogP contribution in [-0.2, 0) is 26.0 Å². The Labute approximate surface area is 202 Å². The number of benzene rings is 1. The van der Waals surface area contributed by atoms with E-state index >= 15 is 0 Å². The first-order valence-corrected chi connectivity index (χ1v) is 13.0. The van der Waals surface area contributed by atoms with E-state index in [0.717, 1.165) is 37.5 Å². The molecule has 1 aliphatic carbocycles. The molecule has 0 unspecified atom stereocenters. The largest absolute Gasteiger partial charge is 0.392 e. The molecule has 9 nitrogen and oxygen atoms in total. The van der Waals surface area contributed by atoms with Crippen molar-refractivity contribution < 1.29 is 18.0 Å². The summed E-state index contributed by atoms with van der Waals surface area (Å²) in [5.74, 6) is -0.214. The lowest BCUT2D eigenvalue weighted by Gasteiger charge is -2.11. The zero-order chi connectivity index (χ0) is 24.1. The van der Waals surface area contributed by atoms with Crippen molar-refractivity contribution in [3.05, 3.63) is 71.1 Å². The fraction of sp³-hybridized carbons (Fsp3) is 0.304. The van der Waals surface area contributed by atoms with Gasteiger partial charge in [-0.15, -0.1) is 0 Å². The molecule has 2 aromatic heterocycles. The minimum absolute atomic E-state index is 0.00196. The molecule has 1 aromatic carbocycles. The van der Waals surface area contributed by atoms with E-state index in [-0.39, 0.29) is 21.7 Å². The van der Waals surface area contributed by atoms with Gasteiger partial charge in [-0.2, -0.15) is 5.10 Å². The van der Waals surface area contributed by atoms with E-state index < -0.39 is 15.7 Å². The lowest BCUT2D eigenvalue weighted by molar-refractivity contribution is -0.110. The molecule has 0 aliphatic heterocycles. The maximum Gasteiger partial charge on any atom is 0.279 e. The van der Waals surface area contributed by atoms with Crippen molar-refractivity contribution in [2.45, 2.75) is 43.2 Å². The number of anilines is 1. The standard InChI is InChI=1S/C23H24ClN5O4S/c1-34(31,32)20-9-8-17(13-19(20)24)22(28-33-18-6-2-3-7-18)23(30)26-21-10-12-29(27-21)15-16-5-4-11-25-14-16/h4-5,8-14,18H,2-3,6-7,15H2,1H3,(H,26,27,30). The molecule has 11 heteroatoms. The number of halogens is 1. The fourth-order valence-electron chi connectivity index (χ4n) is 3.67. The van der Waals surface area contributed by atoms with Gasteiger partial charge in [0.2, 0.25) is 0 Å². The van der Waals surface area contributed by atoms with Crippen LogP contribution in [0.2, 0.25) is 5.02 Å². The van der Waals surface area contributed by atoms with Gasteiger partial charge in [-0.1, -0.05) is 28.9 Å². The van der Waals surface area contributed by atoms with Crippen LogP contribution in [0.25, 0.3) is 0 Å². The Morgan fingerprint density at radius 1 is 1.26 bits per heavy atom. The highest BCUT2D eigenvalue weighted by molar-refractivity contribution is 7.90. The number of pyridine rings is 1. The van der Waals surface area contributed by atoms with Crippen molar-refractivity contribution in [2.24, 2.45) is 5.16 Å². The zero-order valence-corrected chi connectivity index (χ0v) is 20.1. The average molecular weight is 502 g/mol. The number of hydrogen-bond acceptors (Lipinski definition) is 7. The quantitative estimate of drug-likeness (QED) is 0.372. The van der Waals surface area contributed by atoms with Crippen molar-refractivity contribution in [1.29, 1.82) is 0 Å². The van der Waals surface area contributed by atoms with Crippen LogP contribution in [0.3, 0.4) is 0 Å². The Morgan fingerprint density at radius 2 is 2.06 bits per heavy atom. The molecule has 1 aliphatic rings. The van der Waals surface area contributed by atoms with Crippen molar-refractivity contribution in [2.75, 3.05) is 11.6 Å². The molecule has 1 N–H and O–H groups in total. The first-order valence-electron chi connectivity index (χ1n) is 10.8. The summed E-state index contributed by atoms with van der Waals surface area (Å²) in [6, 6.07) is 9.68. The maximum absolute atomic E-state index is 13.1. The summed E-state index contributed by atoms with van der Waals surface area (Å²) >= 11 is 6.20. The molecule has 1 amide bonds. The molecule has 3 aromatic rings. The fourth-order valence-corrected chi connectivity index (χ4v) is 5.00. The predicted molar refractivity (Wildman–Crippen MR) is 129 cm³/mol. The molecular weight excluding hydrogens is 478 g/mol. The molecule has 4 rings (SSSR count). The molecule has 0 spiro atoms. The number of carbonyl (C=O) groups is 1. The number of hydrogen-bond donors (Lipinski definition) is 1. The summed E-state index contributed by atoms with van der Waals surface area (Å²) in [6.07, 6.45) is 10.0. The summed E-state index contributed by atoms with van der Waals surface area (Å²) in [7, 11) is -3.51. The van der Waals surface area contributed by atoms with E-state index in [0.29, 0.717) is 17.9 Å². The van der Waals surface area contributed by atoms with Crippen LogP contribution in [0.4, 0.5) is 5.82 Å². The summed E-state index contributed by atoms with van der Waals surface area (Å²) < 4.78 is 25.5.